The number of benzene rings is 3. The summed E-state index contributed by atoms with van der Waals surface area (Å²) in [6, 6.07) is 28.4. The van der Waals surface area contributed by atoms with Crippen LogP contribution in [0.1, 0.15) is 12.0 Å². The Hall–Kier alpha value is -1.69. The molecule has 0 amide bonds. The van der Waals surface area contributed by atoms with Crippen LogP contribution in [-0.2, 0) is 6.16 Å². The van der Waals surface area contributed by atoms with Gasteiger partial charge in [0.25, 0.3) is 0 Å². The quantitative estimate of drug-likeness (QED) is 0.374. The number of hydrogen-bond donors (Lipinski definition) is 0. The van der Waals surface area contributed by atoms with E-state index in [9.17, 15) is 4.39 Å². The van der Waals surface area contributed by atoms with E-state index in [1.807, 2.05) is 12.1 Å². The molecule has 128 valence electrons. The molecule has 0 N–H and O–H groups in total. The highest BCUT2D eigenvalue weighted by Gasteiger charge is 2.42. The second-order valence-corrected chi connectivity index (χ2v) is 10.3. The third kappa shape index (κ3) is 4.29. The minimum Gasteiger partial charge on any atom is -0.207 e. The summed E-state index contributed by atoms with van der Waals surface area (Å²) >= 11 is 6.07. The first-order valence-electron chi connectivity index (χ1n) is 8.53. The lowest BCUT2D eigenvalue weighted by Gasteiger charge is -2.27. The molecule has 3 aromatic rings. The van der Waals surface area contributed by atoms with Crippen LogP contribution in [0.5, 0.6) is 0 Å². The van der Waals surface area contributed by atoms with Gasteiger partial charge in [-0.15, -0.1) is 11.6 Å². The zero-order valence-corrected chi connectivity index (χ0v) is 15.8. The van der Waals surface area contributed by atoms with Crippen LogP contribution in [0.4, 0.5) is 4.39 Å². The Kier molecular flexibility index (Phi) is 6.24. The van der Waals surface area contributed by atoms with Crippen LogP contribution in [-0.4, -0.2) is 12.0 Å². The summed E-state index contributed by atoms with van der Waals surface area (Å²) in [4.78, 5) is 0. The average molecular weight is 371 g/mol. The fraction of sp³-hybridized carbons (Fsp3) is 0.182. The van der Waals surface area contributed by atoms with Crippen molar-refractivity contribution in [2.24, 2.45) is 0 Å². The molecule has 0 saturated heterocycles. The number of halogens is 2. The molecular weight excluding hydrogens is 349 g/mol. The molecule has 3 rings (SSSR count). The molecule has 0 aromatic heterocycles. The van der Waals surface area contributed by atoms with Crippen molar-refractivity contribution in [1.82, 2.24) is 0 Å². The molecule has 25 heavy (non-hydrogen) atoms. The fourth-order valence-electron chi connectivity index (χ4n) is 3.33. The van der Waals surface area contributed by atoms with Crippen molar-refractivity contribution >= 4 is 29.5 Å². The number of alkyl halides is 1. The molecule has 0 bridgehead atoms. The molecule has 0 heterocycles. The molecule has 0 aliphatic rings. The van der Waals surface area contributed by atoms with E-state index in [2.05, 4.69) is 60.7 Å². The lowest BCUT2D eigenvalue weighted by Crippen LogP contribution is -2.26. The molecule has 0 fully saturated rings. The number of rotatable bonds is 7. The largest absolute Gasteiger partial charge is 0.207 e. The van der Waals surface area contributed by atoms with Gasteiger partial charge in [-0.3, -0.25) is 0 Å². The van der Waals surface area contributed by atoms with Gasteiger partial charge in [-0.25, -0.2) is 4.39 Å². The normalized spacial score (nSPS) is 11.4. The third-order valence-electron chi connectivity index (χ3n) is 4.54. The Morgan fingerprint density at radius 2 is 1.24 bits per heavy atom. The number of hydrogen-bond acceptors (Lipinski definition) is 0. The second kappa shape index (κ2) is 8.61. The molecule has 0 nitrogen and oxygen atoms in total. The van der Waals surface area contributed by atoms with Gasteiger partial charge >= 0.3 is 0 Å². The van der Waals surface area contributed by atoms with Gasteiger partial charge in [0.1, 0.15) is 5.82 Å². The zero-order valence-electron chi connectivity index (χ0n) is 14.1. The van der Waals surface area contributed by atoms with E-state index in [0.29, 0.717) is 5.88 Å². The van der Waals surface area contributed by atoms with Crippen LogP contribution in [0, 0.1) is 5.82 Å². The van der Waals surface area contributed by atoms with E-state index in [1.165, 1.54) is 16.2 Å². The molecule has 0 aliphatic heterocycles. The van der Waals surface area contributed by atoms with E-state index in [1.54, 1.807) is 12.1 Å². The van der Waals surface area contributed by atoms with Crippen molar-refractivity contribution in [2.75, 3.05) is 12.0 Å². The summed E-state index contributed by atoms with van der Waals surface area (Å²) in [5.74, 6) is 0.470. The molecule has 3 aromatic carbocycles. The molecule has 3 heteroatoms. The minimum absolute atomic E-state index is 0.187. The summed E-state index contributed by atoms with van der Waals surface area (Å²) in [6.45, 7) is 0. The Labute approximate surface area is 155 Å². The van der Waals surface area contributed by atoms with Crippen LogP contribution in [0.25, 0.3) is 0 Å². The molecule has 0 saturated carbocycles. The highest BCUT2D eigenvalue weighted by atomic mass is 35.5. The van der Waals surface area contributed by atoms with Crippen molar-refractivity contribution in [3.63, 3.8) is 0 Å². The Balaban J connectivity index is 2.11. The molecular formula is C22H22ClFP+. The van der Waals surface area contributed by atoms with Gasteiger partial charge in [0.2, 0.25) is 0 Å². The monoisotopic (exact) mass is 370 g/mol. The molecule has 0 unspecified atom stereocenters. The van der Waals surface area contributed by atoms with E-state index in [-0.39, 0.29) is 5.82 Å². The molecule has 0 spiro atoms. The lowest BCUT2D eigenvalue weighted by molar-refractivity contribution is 0.627. The van der Waals surface area contributed by atoms with E-state index >= 15 is 0 Å². The predicted octanol–water partition coefficient (Wildman–Crippen LogP) is 5.62. The molecule has 0 aliphatic carbocycles. The summed E-state index contributed by atoms with van der Waals surface area (Å²) < 4.78 is 13.4. The van der Waals surface area contributed by atoms with Crippen molar-refractivity contribution in [3.05, 3.63) is 96.3 Å². The summed E-state index contributed by atoms with van der Waals surface area (Å²) in [6.07, 6.45) is 2.96. The highest BCUT2D eigenvalue weighted by Crippen LogP contribution is 2.59. The Morgan fingerprint density at radius 1 is 0.720 bits per heavy atom. The van der Waals surface area contributed by atoms with Crippen molar-refractivity contribution in [1.29, 1.82) is 0 Å². The van der Waals surface area contributed by atoms with Gasteiger partial charge in [-0.1, -0.05) is 48.5 Å². The fourth-order valence-corrected chi connectivity index (χ4v) is 8.00. The summed E-state index contributed by atoms with van der Waals surface area (Å²) in [5, 5.41) is 2.77. The Morgan fingerprint density at radius 3 is 1.72 bits per heavy atom. The SMILES string of the molecule is [18F]c1ccc(C[P+](CCCCl)(c2ccccc2)c2ccccc2)cc1. The van der Waals surface area contributed by atoms with Crippen molar-refractivity contribution in [2.45, 2.75) is 12.6 Å². The van der Waals surface area contributed by atoms with Gasteiger partial charge in [-0.2, -0.15) is 0 Å². The van der Waals surface area contributed by atoms with E-state index in [0.717, 1.165) is 18.7 Å². The molecule has 0 atom stereocenters. The van der Waals surface area contributed by atoms with Gasteiger partial charge in [0.15, 0.2) is 0 Å². The minimum atomic E-state index is -1.66. The standard InChI is InChI=1S/C22H22ClFP/c23-16-7-17-25(21-8-3-1-4-9-21,22-10-5-2-6-11-22)18-19-12-14-20(24)15-13-19/h1-6,8-15H,7,16-18H2/q+1/i24-1. The maximum absolute atomic E-state index is 13.4. The van der Waals surface area contributed by atoms with Gasteiger partial charge in [0, 0.05) is 5.88 Å². The van der Waals surface area contributed by atoms with Crippen LogP contribution < -0.4 is 10.6 Å². The zero-order chi connectivity index (χ0) is 17.5. The first-order chi connectivity index (χ1) is 12.2. The topological polar surface area (TPSA) is 0 Å². The van der Waals surface area contributed by atoms with Crippen LogP contribution in [0.3, 0.4) is 0 Å². The summed E-state index contributed by atoms with van der Waals surface area (Å²) in [7, 11) is -1.66. The van der Waals surface area contributed by atoms with E-state index in [4.69, 9.17) is 11.6 Å². The van der Waals surface area contributed by atoms with Crippen LogP contribution >= 0.6 is 18.9 Å². The highest BCUT2D eigenvalue weighted by molar-refractivity contribution is 7.88. The van der Waals surface area contributed by atoms with Crippen LogP contribution in [0.2, 0.25) is 0 Å². The van der Waals surface area contributed by atoms with Crippen molar-refractivity contribution in [3.8, 4) is 0 Å². The van der Waals surface area contributed by atoms with Gasteiger partial charge in [0.05, 0.1) is 30.2 Å². The first-order valence-corrected chi connectivity index (χ1v) is 11.2. The smallest absolute Gasteiger partial charge is 0.123 e. The maximum Gasteiger partial charge on any atom is 0.123 e. The lowest BCUT2D eigenvalue weighted by atomic mass is 10.2. The Bertz CT molecular complexity index is 733. The maximum atomic E-state index is 13.4. The average Bonchev–Trinajstić information content (AvgIpc) is 2.68. The van der Waals surface area contributed by atoms with E-state index < -0.39 is 7.26 Å². The molecule has 0 radical (unpaired) electrons. The summed E-state index contributed by atoms with van der Waals surface area (Å²) in [5.41, 5.74) is 1.18. The van der Waals surface area contributed by atoms with Crippen molar-refractivity contribution < 1.29 is 4.39 Å². The predicted molar refractivity (Wildman–Crippen MR) is 109 cm³/mol. The first kappa shape index (κ1) is 18.1. The van der Waals surface area contributed by atoms with Crippen LogP contribution in [0.15, 0.2) is 84.9 Å². The third-order valence-corrected chi connectivity index (χ3v) is 9.37. The second-order valence-electron chi connectivity index (χ2n) is 6.19. The van der Waals surface area contributed by atoms with Gasteiger partial charge in [-0.05, 0) is 48.4 Å². The van der Waals surface area contributed by atoms with Gasteiger partial charge < -0.3 is 0 Å².